The van der Waals surface area contributed by atoms with Gasteiger partial charge in [0.2, 0.25) is 5.95 Å². The van der Waals surface area contributed by atoms with Gasteiger partial charge in [-0.2, -0.15) is 5.10 Å². The second kappa shape index (κ2) is 10.5. The number of ether oxygens (including phenoxy) is 2. The summed E-state index contributed by atoms with van der Waals surface area (Å²) < 4.78 is 11.6. The van der Waals surface area contributed by atoms with Gasteiger partial charge in [-0.25, -0.2) is 10.4 Å². The fourth-order valence-electron chi connectivity index (χ4n) is 2.69. The topological polar surface area (TPSA) is 88.6 Å². The Morgan fingerprint density at radius 1 is 1.13 bits per heavy atom. The molecule has 1 aromatic heterocycles. The molecule has 0 saturated heterocycles. The summed E-state index contributed by atoms with van der Waals surface area (Å²) >= 11 is 6.02. The van der Waals surface area contributed by atoms with Gasteiger partial charge in [0.15, 0.2) is 11.5 Å². The number of rotatable bonds is 9. The van der Waals surface area contributed by atoms with Crippen LogP contribution in [0.15, 0.2) is 58.4 Å². The first-order valence-corrected chi connectivity index (χ1v) is 9.98. The number of aromatic amines is 1. The van der Waals surface area contributed by atoms with Gasteiger partial charge in [-0.15, -0.1) is 0 Å². The molecule has 0 atom stereocenters. The summed E-state index contributed by atoms with van der Waals surface area (Å²) in [5.41, 5.74) is 4.98. The van der Waals surface area contributed by atoms with Crippen LogP contribution in [-0.4, -0.2) is 22.8 Å². The zero-order valence-corrected chi connectivity index (χ0v) is 17.6. The molecule has 0 aliphatic heterocycles. The van der Waals surface area contributed by atoms with Crippen LogP contribution in [0.5, 0.6) is 11.5 Å². The van der Waals surface area contributed by atoms with Gasteiger partial charge in [0.25, 0.3) is 5.56 Å². The number of hydrazone groups is 1. The van der Waals surface area contributed by atoms with Gasteiger partial charge >= 0.3 is 0 Å². The monoisotopic (exact) mass is 426 g/mol. The summed E-state index contributed by atoms with van der Waals surface area (Å²) in [7, 11) is 0. The van der Waals surface area contributed by atoms with E-state index in [-0.39, 0.29) is 5.56 Å². The number of hydrogen-bond donors (Lipinski definition) is 2. The molecule has 0 unspecified atom stereocenters. The van der Waals surface area contributed by atoms with Crippen LogP contribution in [0.2, 0.25) is 5.02 Å². The van der Waals surface area contributed by atoms with Gasteiger partial charge in [0, 0.05) is 16.8 Å². The summed E-state index contributed by atoms with van der Waals surface area (Å²) in [5, 5.41) is 4.81. The Kier molecular flexibility index (Phi) is 7.45. The van der Waals surface area contributed by atoms with E-state index in [0.717, 1.165) is 11.1 Å². The summed E-state index contributed by atoms with van der Waals surface area (Å²) in [6.07, 6.45) is 2.28. The minimum Gasteiger partial charge on any atom is -0.490 e. The Hall–Kier alpha value is -3.32. The molecular weight excluding hydrogens is 404 g/mol. The fraction of sp³-hybridized carbons (Fsp3) is 0.227. The van der Waals surface area contributed by atoms with E-state index in [1.54, 1.807) is 6.21 Å². The van der Waals surface area contributed by atoms with Gasteiger partial charge in [-0.05, 0) is 54.8 Å². The summed E-state index contributed by atoms with van der Waals surface area (Å²) in [6.45, 7) is 4.72. The second-order valence-electron chi connectivity index (χ2n) is 6.37. The molecule has 0 radical (unpaired) electrons. The molecule has 8 heteroatoms. The minimum absolute atomic E-state index is 0.223. The first-order chi connectivity index (χ1) is 14.6. The van der Waals surface area contributed by atoms with Gasteiger partial charge in [-0.1, -0.05) is 30.7 Å². The Balaban J connectivity index is 1.70. The quantitative estimate of drug-likeness (QED) is 0.391. The van der Waals surface area contributed by atoms with Gasteiger partial charge in [-0.3, -0.25) is 9.78 Å². The van der Waals surface area contributed by atoms with E-state index < -0.39 is 0 Å². The third kappa shape index (κ3) is 6.09. The number of hydrogen-bond acceptors (Lipinski definition) is 6. The zero-order valence-electron chi connectivity index (χ0n) is 16.8. The molecule has 0 fully saturated rings. The highest BCUT2D eigenvalue weighted by Crippen LogP contribution is 2.29. The van der Waals surface area contributed by atoms with Gasteiger partial charge in [0.05, 0.1) is 12.8 Å². The number of H-pyrrole nitrogens is 1. The number of nitrogens with one attached hydrogen (secondary N) is 2. The van der Waals surface area contributed by atoms with Crippen molar-refractivity contribution in [3.63, 3.8) is 0 Å². The molecule has 0 aliphatic rings. The first kappa shape index (κ1) is 21.4. The number of anilines is 1. The standard InChI is InChI=1S/C22H23ClN4O3/c1-3-18-12-21(28)26-22(25-18)27-24-13-15-8-9-19(20(11-15)29-4-2)30-14-16-6-5-7-17(23)10-16/h5-13H,3-4,14H2,1-2H3,(H2,25,26,27,28)/b24-13-. The molecule has 3 aromatic rings. The Labute approximate surface area is 179 Å². The van der Waals surface area contributed by atoms with Crippen LogP contribution in [0.3, 0.4) is 0 Å². The van der Waals surface area contributed by atoms with Crippen molar-refractivity contribution >= 4 is 23.8 Å². The van der Waals surface area contributed by atoms with Crippen molar-refractivity contribution in [3.8, 4) is 11.5 Å². The van der Waals surface area contributed by atoms with Crippen LogP contribution in [0.1, 0.15) is 30.7 Å². The van der Waals surface area contributed by atoms with E-state index in [1.165, 1.54) is 6.07 Å². The lowest BCUT2D eigenvalue weighted by molar-refractivity contribution is 0.269. The van der Waals surface area contributed by atoms with Crippen molar-refractivity contribution in [1.82, 2.24) is 9.97 Å². The predicted octanol–water partition coefficient (Wildman–Crippen LogP) is 4.41. The highest BCUT2D eigenvalue weighted by Gasteiger charge is 2.07. The number of nitrogens with zero attached hydrogens (tertiary/aromatic N) is 2. The van der Waals surface area contributed by atoms with Crippen LogP contribution >= 0.6 is 11.6 Å². The van der Waals surface area contributed by atoms with Crippen LogP contribution < -0.4 is 20.5 Å². The lowest BCUT2D eigenvalue weighted by atomic mass is 10.2. The van der Waals surface area contributed by atoms with E-state index in [2.05, 4.69) is 20.5 Å². The fourth-order valence-corrected chi connectivity index (χ4v) is 2.90. The summed E-state index contributed by atoms with van der Waals surface area (Å²) in [5.74, 6) is 1.54. The lowest BCUT2D eigenvalue weighted by Gasteiger charge is -2.12. The van der Waals surface area contributed by atoms with Gasteiger partial charge < -0.3 is 9.47 Å². The third-order valence-corrected chi connectivity index (χ3v) is 4.33. The molecule has 2 N–H and O–H groups in total. The lowest BCUT2D eigenvalue weighted by Crippen LogP contribution is -2.11. The van der Waals surface area contributed by atoms with Crippen molar-refractivity contribution in [1.29, 1.82) is 0 Å². The third-order valence-electron chi connectivity index (χ3n) is 4.09. The Bertz CT molecular complexity index is 1080. The average molecular weight is 427 g/mol. The average Bonchev–Trinajstić information content (AvgIpc) is 2.73. The van der Waals surface area contributed by atoms with E-state index >= 15 is 0 Å². The molecule has 0 spiro atoms. The van der Waals surface area contributed by atoms with Crippen LogP contribution in [0, 0.1) is 0 Å². The number of halogens is 1. The van der Waals surface area contributed by atoms with Gasteiger partial charge in [0.1, 0.15) is 6.61 Å². The molecule has 0 saturated carbocycles. The maximum atomic E-state index is 11.6. The van der Waals surface area contributed by atoms with Crippen LogP contribution in [0.4, 0.5) is 5.95 Å². The van der Waals surface area contributed by atoms with E-state index in [9.17, 15) is 4.79 Å². The maximum absolute atomic E-state index is 11.6. The van der Waals surface area contributed by atoms with E-state index in [1.807, 2.05) is 56.3 Å². The molecule has 0 amide bonds. The second-order valence-corrected chi connectivity index (χ2v) is 6.80. The maximum Gasteiger partial charge on any atom is 0.252 e. The molecular formula is C22H23ClN4O3. The van der Waals surface area contributed by atoms with Crippen molar-refractivity contribution in [2.45, 2.75) is 26.9 Å². The predicted molar refractivity (Wildman–Crippen MR) is 119 cm³/mol. The Morgan fingerprint density at radius 3 is 2.77 bits per heavy atom. The van der Waals surface area contributed by atoms with Crippen molar-refractivity contribution in [2.75, 3.05) is 12.0 Å². The van der Waals surface area contributed by atoms with Crippen LogP contribution in [-0.2, 0) is 13.0 Å². The highest BCUT2D eigenvalue weighted by atomic mass is 35.5. The molecule has 0 bridgehead atoms. The first-order valence-electron chi connectivity index (χ1n) is 9.60. The minimum atomic E-state index is -0.223. The molecule has 156 valence electrons. The number of aryl methyl sites for hydroxylation is 1. The summed E-state index contributed by atoms with van der Waals surface area (Å²) in [4.78, 5) is 18.5. The summed E-state index contributed by atoms with van der Waals surface area (Å²) in [6, 6.07) is 14.5. The molecule has 30 heavy (non-hydrogen) atoms. The zero-order chi connectivity index (χ0) is 21.3. The SMILES string of the molecule is CCOc1cc(/C=N\Nc2nc(CC)cc(=O)[nH]2)ccc1OCc1cccc(Cl)c1. The van der Waals surface area contributed by atoms with E-state index in [4.69, 9.17) is 21.1 Å². The number of aromatic nitrogens is 2. The molecule has 7 nitrogen and oxygen atoms in total. The number of benzene rings is 2. The normalized spacial score (nSPS) is 10.9. The van der Waals surface area contributed by atoms with Crippen molar-refractivity contribution < 1.29 is 9.47 Å². The Morgan fingerprint density at radius 2 is 2.00 bits per heavy atom. The highest BCUT2D eigenvalue weighted by molar-refractivity contribution is 6.30. The smallest absolute Gasteiger partial charge is 0.252 e. The van der Waals surface area contributed by atoms with Crippen LogP contribution in [0.25, 0.3) is 0 Å². The largest absolute Gasteiger partial charge is 0.490 e. The molecule has 2 aromatic carbocycles. The van der Waals surface area contributed by atoms with Crippen molar-refractivity contribution in [2.24, 2.45) is 5.10 Å². The molecule has 3 rings (SSSR count). The van der Waals surface area contributed by atoms with E-state index in [0.29, 0.717) is 47.8 Å². The molecule has 1 heterocycles. The molecule has 0 aliphatic carbocycles. The van der Waals surface area contributed by atoms with Crippen molar-refractivity contribution in [3.05, 3.63) is 80.7 Å².